The zero-order chi connectivity index (χ0) is 24.4. The van der Waals surface area contributed by atoms with E-state index >= 15 is 0 Å². The van der Waals surface area contributed by atoms with Gasteiger partial charge in [0.15, 0.2) is 0 Å². The van der Waals surface area contributed by atoms with Crippen LogP contribution in [0.2, 0.25) is 0 Å². The normalized spacial score (nSPS) is 14.5. The average Bonchev–Trinajstić information content (AvgIpc) is 3.43. The van der Waals surface area contributed by atoms with E-state index in [-0.39, 0.29) is 17.5 Å². The molecular weight excluding hydrogens is 470 g/mol. The van der Waals surface area contributed by atoms with Crippen molar-refractivity contribution in [3.8, 4) is 11.3 Å². The second-order valence-corrected chi connectivity index (χ2v) is 9.48. The van der Waals surface area contributed by atoms with Crippen molar-refractivity contribution in [3.05, 3.63) is 71.9 Å². The van der Waals surface area contributed by atoms with Crippen LogP contribution < -0.4 is 4.90 Å². The fraction of sp³-hybridized carbons (Fsp3) is 0.320. The van der Waals surface area contributed by atoms with Crippen molar-refractivity contribution in [2.45, 2.75) is 13.5 Å². The van der Waals surface area contributed by atoms with Crippen molar-refractivity contribution < 1.29 is 13.6 Å². The number of likely N-dealkylation sites (N-methyl/N-ethyl adjacent to an activating group) is 1. The number of amides is 1. The second-order valence-electron chi connectivity index (χ2n) is 8.55. The number of piperazine rings is 1. The number of benzene rings is 2. The van der Waals surface area contributed by atoms with Crippen LogP contribution in [0, 0.1) is 11.6 Å². The summed E-state index contributed by atoms with van der Waals surface area (Å²) in [4.78, 5) is 24.4. The van der Waals surface area contributed by atoms with E-state index in [0.717, 1.165) is 53.1 Å². The van der Waals surface area contributed by atoms with E-state index in [4.69, 9.17) is 0 Å². The summed E-state index contributed by atoms with van der Waals surface area (Å²) in [6.07, 6.45) is 1.86. The van der Waals surface area contributed by atoms with Gasteiger partial charge in [-0.1, -0.05) is 23.5 Å². The highest BCUT2D eigenvalue weighted by Gasteiger charge is 2.24. The van der Waals surface area contributed by atoms with Gasteiger partial charge in [0.1, 0.15) is 11.6 Å². The highest BCUT2D eigenvalue weighted by atomic mass is 32.1. The van der Waals surface area contributed by atoms with Crippen LogP contribution in [-0.2, 0) is 11.3 Å². The van der Waals surface area contributed by atoms with Gasteiger partial charge in [-0.15, -0.1) is 5.10 Å². The number of hydrogen-bond donors (Lipinski definition) is 0. The molecule has 2 aromatic carbocycles. The number of halogens is 2. The van der Waals surface area contributed by atoms with Crippen molar-refractivity contribution in [1.82, 2.24) is 24.4 Å². The molecule has 2 aromatic heterocycles. The number of nitrogens with zero attached hydrogens (tertiary/aromatic N) is 6. The SMILES string of the molecule is CCN(Cc1cccc(F)c1)C(=O)CN1CCN(c2nn3cc(-c4ccc(F)cc4)nc3s2)CC1. The van der Waals surface area contributed by atoms with E-state index in [1.807, 2.05) is 19.2 Å². The van der Waals surface area contributed by atoms with Crippen molar-refractivity contribution in [2.24, 2.45) is 0 Å². The molecule has 0 bridgehead atoms. The Balaban J connectivity index is 1.16. The molecule has 0 saturated carbocycles. The minimum atomic E-state index is -0.288. The molecule has 0 atom stereocenters. The predicted molar refractivity (Wildman–Crippen MR) is 132 cm³/mol. The number of carbonyl (C=O) groups excluding carboxylic acids is 1. The number of imidazole rings is 1. The standard InChI is InChI=1S/C25H26F2N6OS/c1-2-31(15-18-4-3-5-21(27)14-18)23(34)17-30-10-12-32(13-11-30)25-29-33-16-22(28-24(33)35-25)19-6-8-20(26)9-7-19/h3-9,14,16H,2,10-13,15,17H2,1H3. The van der Waals surface area contributed by atoms with E-state index in [9.17, 15) is 13.6 Å². The largest absolute Gasteiger partial charge is 0.344 e. The van der Waals surface area contributed by atoms with Gasteiger partial charge in [0.2, 0.25) is 16.0 Å². The summed E-state index contributed by atoms with van der Waals surface area (Å²) in [5, 5.41) is 5.58. The summed E-state index contributed by atoms with van der Waals surface area (Å²) >= 11 is 1.52. The molecule has 0 aliphatic carbocycles. The summed E-state index contributed by atoms with van der Waals surface area (Å²) in [7, 11) is 0. The lowest BCUT2D eigenvalue weighted by Gasteiger charge is -2.35. The van der Waals surface area contributed by atoms with Crippen LogP contribution in [0.15, 0.2) is 54.7 Å². The van der Waals surface area contributed by atoms with Crippen molar-refractivity contribution in [1.29, 1.82) is 0 Å². The summed E-state index contributed by atoms with van der Waals surface area (Å²) < 4.78 is 28.4. The fourth-order valence-corrected chi connectivity index (χ4v) is 5.13. The van der Waals surface area contributed by atoms with Crippen LogP contribution in [0.25, 0.3) is 16.2 Å². The number of carbonyl (C=O) groups is 1. The zero-order valence-electron chi connectivity index (χ0n) is 19.4. The molecule has 0 radical (unpaired) electrons. The molecule has 35 heavy (non-hydrogen) atoms. The average molecular weight is 497 g/mol. The van der Waals surface area contributed by atoms with Crippen LogP contribution in [0.4, 0.5) is 13.9 Å². The lowest BCUT2D eigenvalue weighted by atomic mass is 10.2. The first-order valence-corrected chi connectivity index (χ1v) is 12.4. The summed E-state index contributed by atoms with van der Waals surface area (Å²) in [6.45, 7) is 6.32. The predicted octanol–water partition coefficient (Wildman–Crippen LogP) is 3.91. The molecule has 7 nitrogen and oxygen atoms in total. The lowest BCUT2D eigenvalue weighted by molar-refractivity contribution is -0.132. The summed E-state index contributed by atoms with van der Waals surface area (Å²) in [5.41, 5.74) is 2.40. The van der Waals surface area contributed by atoms with Gasteiger partial charge < -0.3 is 9.80 Å². The Morgan fingerprint density at radius 2 is 1.83 bits per heavy atom. The third-order valence-corrected chi connectivity index (χ3v) is 7.15. The van der Waals surface area contributed by atoms with Gasteiger partial charge >= 0.3 is 0 Å². The van der Waals surface area contributed by atoms with Crippen LogP contribution >= 0.6 is 11.3 Å². The minimum Gasteiger partial charge on any atom is -0.344 e. The molecule has 1 aliphatic heterocycles. The molecule has 1 saturated heterocycles. The molecule has 10 heteroatoms. The Labute approximate surface area is 206 Å². The third-order valence-electron chi connectivity index (χ3n) is 6.17. The first kappa shape index (κ1) is 23.4. The Hall–Kier alpha value is -3.37. The Kier molecular flexibility index (Phi) is 6.74. The molecule has 0 N–H and O–H groups in total. The lowest BCUT2D eigenvalue weighted by Crippen LogP contribution is -2.50. The molecular formula is C25H26F2N6OS. The number of fused-ring (bicyclic) bond motifs is 1. The first-order chi connectivity index (χ1) is 17.0. The quantitative estimate of drug-likeness (QED) is 0.388. The van der Waals surface area contributed by atoms with Crippen LogP contribution in [0.1, 0.15) is 12.5 Å². The number of anilines is 1. The van der Waals surface area contributed by atoms with Crippen LogP contribution in [0.5, 0.6) is 0 Å². The summed E-state index contributed by atoms with van der Waals surface area (Å²) in [6, 6.07) is 12.7. The molecule has 5 rings (SSSR count). The van der Waals surface area contributed by atoms with Gasteiger partial charge in [0.25, 0.3) is 0 Å². The maximum atomic E-state index is 13.5. The van der Waals surface area contributed by atoms with E-state index in [0.29, 0.717) is 19.6 Å². The fourth-order valence-electron chi connectivity index (χ4n) is 4.20. The third kappa shape index (κ3) is 5.33. The molecule has 0 unspecified atom stereocenters. The second kappa shape index (κ2) is 10.1. The Bertz CT molecular complexity index is 1280. The van der Waals surface area contributed by atoms with Gasteiger partial charge in [0.05, 0.1) is 18.4 Å². The Morgan fingerprint density at radius 1 is 1.06 bits per heavy atom. The smallest absolute Gasteiger partial charge is 0.237 e. The van der Waals surface area contributed by atoms with Gasteiger partial charge in [-0.3, -0.25) is 9.69 Å². The highest BCUT2D eigenvalue weighted by molar-refractivity contribution is 7.20. The molecule has 1 fully saturated rings. The van der Waals surface area contributed by atoms with E-state index in [1.54, 1.807) is 27.6 Å². The number of rotatable bonds is 7. The van der Waals surface area contributed by atoms with Gasteiger partial charge in [-0.2, -0.15) is 0 Å². The van der Waals surface area contributed by atoms with E-state index < -0.39 is 0 Å². The number of aromatic nitrogens is 3. The monoisotopic (exact) mass is 496 g/mol. The van der Waals surface area contributed by atoms with Crippen molar-refractivity contribution >= 4 is 27.3 Å². The summed E-state index contributed by atoms with van der Waals surface area (Å²) in [5.74, 6) is -0.514. The van der Waals surface area contributed by atoms with Gasteiger partial charge in [-0.05, 0) is 48.9 Å². The molecule has 1 aliphatic rings. The topological polar surface area (TPSA) is 57.0 Å². The molecule has 1 amide bonds. The Morgan fingerprint density at radius 3 is 2.51 bits per heavy atom. The van der Waals surface area contributed by atoms with E-state index in [1.165, 1.54) is 35.6 Å². The maximum absolute atomic E-state index is 13.5. The van der Waals surface area contributed by atoms with Gasteiger partial charge in [-0.25, -0.2) is 18.3 Å². The number of hydrogen-bond acceptors (Lipinski definition) is 6. The molecule has 4 aromatic rings. The molecule has 182 valence electrons. The maximum Gasteiger partial charge on any atom is 0.237 e. The van der Waals surface area contributed by atoms with Crippen LogP contribution in [0.3, 0.4) is 0 Å². The van der Waals surface area contributed by atoms with Crippen LogP contribution in [-0.4, -0.2) is 69.6 Å². The first-order valence-electron chi connectivity index (χ1n) is 11.6. The highest BCUT2D eigenvalue weighted by Crippen LogP contribution is 2.27. The molecule has 3 heterocycles. The minimum absolute atomic E-state index is 0.0475. The molecule has 0 spiro atoms. The van der Waals surface area contributed by atoms with Crippen molar-refractivity contribution in [3.63, 3.8) is 0 Å². The van der Waals surface area contributed by atoms with Crippen molar-refractivity contribution in [2.75, 3.05) is 44.2 Å². The zero-order valence-corrected chi connectivity index (χ0v) is 20.2. The van der Waals surface area contributed by atoms with Gasteiger partial charge in [0, 0.05) is 44.8 Å². The van der Waals surface area contributed by atoms with E-state index in [2.05, 4.69) is 19.9 Å².